The number of likely N-dealkylation sites (tertiary alicyclic amines) is 1. The molecule has 160 valence electrons. The van der Waals surface area contributed by atoms with Crippen molar-refractivity contribution in [2.75, 3.05) is 25.0 Å². The van der Waals surface area contributed by atoms with Gasteiger partial charge in [-0.3, -0.25) is 4.79 Å². The molecule has 3 rings (SSSR count). The van der Waals surface area contributed by atoms with Crippen LogP contribution in [0.3, 0.4) is 0 Å². The smallest absolute Gasteiger partial charge is 0.321 e. The van der Waals surface area contributed by atoms with Crippen LogP contribution >= 0.6 is 0 Å². The SMILES string of the molecule is Cc1ccc(C(C)C)cc1OCC(=O)NCc1cccc(NC(=O)N2CCCC2)c1. The predicted molar refractivity (Wildman–Crippen MR) is 119 cm³/mol. The van der Waals surface area contributed by atoms with Crippen LogP contribution in [0.15, 0.2) is 42.5 Å². The Kier molecular flexibility index (Phi) is 7.33. The Hall–Kier alpha value is -3.02. The Morgan fingerprint density at radius 1 is 1.10 bits per heavy atom. The highest BCUT2D eigenvalue weighted by molar-refractivity contribution is 5.89. The minimum atomic E-state index is -0.184. The molecule has 6 nitrogen and oxygen atoms in total. The molecule has 1 aliphatic rings. The van der Waals surface area contributed by atoms with E-state index in [1.165, 1.54) is 5.56 Å². The second kappa shape index (κ2) is 10.1. The minimum Gasteiger partial charge on any atom is -0.483 e. The first-order chi connectivity index (χ1) is 14.4. The van der Waals surface area contributed by atoms with Crippen molar-refractivity contribution in [2.45, 2.75) is 46.1 Å². The van der Waals surface area contributed by atoms with Crippen molar-refractivity contribution in [1.29, 1.82) is 0 Å². The second-order valence-corrected chi connectivity index (χ2v) is 8.07. The highest BCUT2D eigenvalue weighted by Gasteiger charge is 2.17. The van der Waals surface area contributed by atoms with E-state index in [-0.39, 0.29) is 18.5 Å². The third kappa shape index (κ3) is 5.99. The Bertz CT molecular complexity index is 889. The molecule has 0 atom stereocenters. The van der Waals surface area contributed by atoms with Crippen molar-refractivity contribution in [3.8, 4) is 5.75 Å². The number of aryl methyl sites for hydroxylation is 1. The van der Waals surface area contributed by atoms with Crippen molar-refractivity contribution >= 4 is 17.6 Å². The summed E-state index contributed by atoms with van der Waals surface area (Å²) in [7, 11) is 0. The van der Waals surface area contributed by atoms with Crippen LogP contribution in [0, 0.1) is 6.92 Å². The van der Waals surface area contributed by atoms with E-state index in [0.717, 1.165) is 48.5 Å². The van der Waals surface area contributed by atoms with Gasteiger partial charge >= 0.3 is 6.03 Å². The number of anilines is 1. The van der Waals surface area contributed by atoms with Crippen LogP contribution in [0.1, 0.15) is 49.3 Å². The fourth-order valence-corrected chi connectivity index (χ4v) is 3.41. The van der Waals surface area contributed by atoms with Gasteiger partial charge in [-0.25, -0.2) is 4.79 Å². The lowest BCUT2D eigenvalue weighted by Crippen LogP contribution is -2.32. The topological polar surface area (TPSA) is 70.7 Å². The van der Waals surface area contributed by atoms with E-state index in [1.807, 2.05) is 48.2 Å². The number of nitrogens with one attached hydrogen (secondary N) is 2. The van der Waals surface area contributed by atoms with Gasteiger partial charge in [0, 0.05) is 25.3 Å². The van der Waals surface area contributed by atoms with Gasteiger partial charge in [0.25, 0.3) is 5.91 Å². The van der Waals surface area contributed by atoms with E-state index in [9.17, 15) is 9.59 Å². The third-order valence-electron chi connectivity index (χ3n) is 5.30. The van der Waals surface area contributed by atoms with Gasteiger partial charge in [0.2, 0.25) is 0 Å². The average Bonchev–Trinajstić information content (AvgIpc) is 3.27. The lowest BCUT2D eigenvalue weighted by atomic mass is 10.0. The zero-order valence-corrected chi connectivity index (χ0v) is 18.0. The van der Waals surface area contributed by atoms with Crippen LogP contribution in [0.5, 0.6) is 5.75 Å². The zero-order valence-electron chi connectivity index (χ0n) is 18.0. The molecule has 0 unspecified atom stereocenters. The van der Waals surface area contributed by atoms with Gasteiger partial charge < -0.3 is 20.3 Å². The van der Waals surface area contributed by atoms with Crippen molar-refractivity contribution in [2.24, 2.45) is 0 Å². The number of hydrogen-bond acceptors (Lipinski definition) is 3. The minimum absolute atomic E-state index is 0.0340. The molecule has 0 radical (unpaired) electrons. The maximum atomic E-state index is 12.2. The molecule has 1 fully saturated rings. The molecule has 0 bridgehead atoms. The number of rotatable bonds is 7. The largest absolute Gasteiger partial charge is 0.483 e. The van der Waals surface area contributed by atoms with Gasteiger partial charge in [0.05, 0.1) is 0 Å². The number of amides is 3. The van der Waals surface area contributed by atoms with E-state index in [0.29, 0.717) is 12.5 Å². The van der Waals surface area contributed by atoms with E-state index in [2.05, 4.69) is 30.5 Å². The van der Waals surface area contributed by atoms with Crippen molar-refractivity contribution in [1.82, 2.24) is 10.2 Å². The van der Waals surface area contributed by atoms with Crippen LogP contribution in [-0.2, 0) is 11.3 Å². The molecule has 2 aromatic rings. The van der Waals surface area contributed by atoms with E-state index < -0.39 is 0 Å². The maximum Gasteiger partial charge on any atom is 0.321 e. The molecule has 0 saturated carbocycles. The quantitative estimate of drug-likeness (QED) is 0.710. The Morgan fingerprint density at radius 2 is 1.87 bits per heavy atom. The van der Waals surface area contributed by atoms with Crippen molar-refractivity contribution in [3.05, 3.63) is 59.2 Å². The molecule has 1 aliphatic heterocycles. The number of nitrogens with zero attached hydrogens (tertiary/aromatic N) is 1. The Balaban J connectivity index is 1.49. The summed E-state index contributed by atoms with van der Waals surface area (Å²) in [5.41, 5.74) is 3.84. The van der Waals surface area contributed by atoms with Crippen LogP contribution < -0.4 is 15.4 Å². The monoisotopic (exact) mass is 409 g/mol. The summed E-state index contributed by atoms with van der Waals surface area (Å²) in [6.45, 7) is 8.18. The van der Waals surface area contributed by atoms with Crippen LogP contribution in [-0.4, -0.2) is 36.5 Å². The molecule has 30 heavy (non-hydrogen) atoms. The normalized spacial score (nSPS) is 13.4. The van der Waals surface area contributed by atoms with E-state index in [4.69, 9.17) is 4.74 Å². The molecule has 0 aromatic heterocycles. The molecular weight excluding hydrogens is 378 g/mol. The van der Waals surface area contributed by atoms with Gasteiger partial charge in [-0.1, -0.05) is 38.1 Å². The summed E-state index contributed by atoms with van der Waals surface area (Å²) in [6.07, 6.45) is 2.12. The molecule has 2 N–H and O–H groups in total. The van der Waals surface area contributed by atoms with Crippen LogP contribution in [0.25, 0.3) is 0 Å². The van der Waals surface area contributed by atoms with Gasteiger partial charge in [-0.15, -0.1) is 0 Å². The third-order valence-corrected chi connectivity index (χ3v) is 5.30. The number of carbonyl (C=O) groups excluding carboxylic acids is 2. The first kappa shape index (κ1) is 21.7. The second-order valence-electron chi connectivity index (χ2n) is 8.07. The highest BCUT2D eigenvalue weighted by atomic mass is 16.5. The summed E-state index contributed by atoms with van der Waals surface area (Å²) in [6, 6.07) is 13.6. The number of benzene rings is 2. The zero-order chi connectivity index (χ0) is 21.5. The molecule has 1 heterocycles. The molecule has 6 heteroatoms. The van der Waals surface area contributed by atoms with Crippen LogP contribution in [0.4, 0.5) is 10.5 Å². The fraction of sp³-hybridized carbons (Fsp3) is 0.417. The molecular formula is C24H31N3O3. The van der Waals surface area contributed by atoms with E-state index in [1.54, 1.807) is 0 Å². The summed E-state index contributed by atoms with van der Waals surface area (Å²) < 4.78 is 5.74. The predicted octanol–water partition coefficient (Wildman–Crippen LogP) is 4.44. The summed E-state index contributed by atoms with van der Waals surface area (Å²) in [5, 5.41) is 5.80. The highest BCUT2D eigenvalue weighted by Crippen LogP contribution is 2.24. The average molecular weight is 410 g/mol. The Labute approximate surface area is 178 Å². The van der Waals surface area contributed by atoms with Crippen LogP contribution in [0.2, 0.25) is 0 Å². The molecule has 0 aliphatic carbocycles. The molecule has 2 aromatic carbocycles. The van der Waals surface area contributed by atoms with Gasteiger partial charge in [0.15, 0.2) is 6.61 Å². The number of urea groups is 1. The summed E-state index contributed by atoms with van der Waals surface area (Å²) in [4.78, 5) is 26.3. The lowest BCUT2D eigenvalue weighted by Gasteiger charge is -2.16. The molecule has 3 amide bonds. The van der Waals surface area contributed by atoms with Crippen molar-refractivity contribution in [3.63, 3.8) is 0 Å². The first-order valence-electron chi connectivity index (χ1n) is 10.6. The first-order valence-corrected chi connectivity index (χ1v) is 10.6. The fourth-order valence-electron chi connectivity index (χ4n) is 3.41. The standard InChI is InChI=1S/C24H31N3O3/c1-17(2)20-10-9-18(3)22(14-20)30-16-23(28)25-15-19-7-6-8-21(13-19)26-24(29)27-11-4-5-12-27/h6-10,13-14,17H,4-5,11-12,15-16H2,1-3H3,(H,25,28)(H,26,29). The molecule has 1 saturated heterocycles. The number of carbonyl (C=O) groups is 2. The van der Waals surface area contributed by atoms with Gasteiger partial charge in [0.1, 0.15) is 5.75 Å². The van der Waals surface area contributed by atoms with Gasteiger partial charge in [-0.2, -0.15) is 0 Å². The van der Waals surface area contributed by atoms with Gasteiger partial charge in [-0.05, 0) is 60.6 Å². The summed E-state index contributed by atoms with van der Waals surface area (Å²) >= 11 is 0. The maximum absolute atomic E-state index is 12.2. The number of ether oxygens (including phenoxy) is 1. The summed E-state index contributed by atoms with van der Waals surface area (Å²) in [5.74, 6) is 0.957. The van der Waals surface area contributed by atoms with E-state index >= 15 is 0 Å². The molecule has 0 spiro atoms. The lowest BCUT2D eigenvalue weighted by molar-refractivity contribution is -0.123. The van der Waals surface area contributed by atoms with Crippen molar-refractivity contribution < 1.29 is 14.3 Å². The Morgan fingerprint density at radius 3 is 2.60 bits per heavy atom. The number of hydrogen-bond donors (Lipinski definition) is 2.